The summed E-state index contributed by atoms with van der Waals surface area (Å²) in [5, 5.41) is 9.08. The van der Waals surface area contributed by atoms with Gasteiger partial charge < -0.3 is 9.47 Å². The van der Waals surface area contributed by atoms with Crippen LogP contribution in [0, 0.1) is 11.3 Å². The monoisotopic (exact) mass is 290 g/mol. The lowest BCUT2D eigenvalue weighted by Gasteiger charge is -2.30. The molecule has 0 aliphatic rings. The van der Waals surface area contributed by atoms with Crippen LogP contribution in [0.1, 0.15) is 37.8 Å². The summed E-state index contributed by atoms with van der Waals surface area (Å²) in [7, 11) is 3.39. The van der Waals surface area contributed by atoms with Gasteiger partial charge in [-0.25, -0.2) is 0 Å². The van der Waals surface area contributed by atoms with E-state index in [9.17, 15) is 0 Å². The molecule has 0 saturated heterocycles. The molecule has 0 saturated carbocycles. The predicted molar refractivity (Wildman–Crippen MR) is 84.4 cm³/mol. The van der Waals surface area contributed by atoms with E-state index in [1.165, 1.54) is 0 Å². The number of hydrogen-bond donors (Lipinski definition) is 0. The van der Waals surface area contributed by atoms with Gasteiger partial charge in [0.2, 0.25) is 0 Å². The van der Waals surface area contributed by atoms with Crippen molar-refractivity contribution in [3.05, 3.63) is 29.3 Å². The summed E-state index contributed by atoms with van der Waals surface area (Å²) in [5.74, 6) is 0.836. The van der Waals surface area contributed by atoms with Crippen molar-refractivity contribution in [1.29, 1.82) is 5.26 Å². The molecule has 116 valence electrons. The summed E-state index contributed by atoms with van der Waals surface area (Å²) in [4.78, 5) is 2.41. The third kappa shape index (κ3) is 5.04. The molecule has 0 heterocycles. The van der Waals surface area contributed by atoms with Crippen LogP contribution < -0.4 is 4.74 Å². The number of nitrogens with zero attached hydrogens (tertiary/aromatic N) is 2. The fourth-order valence-corrected chi connectivity index (χ4v) is 2.59. The Morgan fingerprint density at radius 1 is 1.24 bits per heavy atom. The molecule has 0 N–H and O–H groups in total. The molecule has 0 amide bonds. The molecule has 4 heteroatoms. The van der Waals surface area contributed by atoms with Crippen LogP contribution in [0.5, 0.6) is 5.75 Å². The number of ether oxygens (including phenoxy) is 2. The minimum Gasteiger partial charge on any atom is -0.496 e. The van der Waals surface area contributed by atoms with Crippen LogP contribution in [0.3, 0.4) is 0 Å². The van der Waals surface area contributed by atoms with Crippen LogP contribution in [0.2, 0.25) is 0 Å². The topological polar surface area (TPSA) is 45.5 Å². The van der Waals surface area contributed by atoms with E-state index in [2.05, 4.69) is 24.8 Å². The molecule has 0 aliphatic heterocycles. The van der Waals surface area contributed by atoms with Crippen molar-refractivity contribution in [3.8, 4) is 11.8 Å². The van der Waals surface area contributed by atoms with Crippen molar-refractivity contribution in [1.82, 2.24) is 4.90 Å². The Morgan fingerprint density at radius 2 is 1.95 bits per heavy atom. The van der Waals surface area contributed by atoms with Gasteiger partial charge in [0.05, 0.1) is 25.3 Å². The highest BCUT2D eigenvalue weighted by molar-refractivity contribution is 5.42. The Labute approximate surface area is 128 Å². The van der Waals surface area contributed by atoms with Gasteiger partial charge in [-0.3, -0.25) is 4.90 Å². The fraction of sp³-hybridized carbons (Fsp3) is 0.588. The number of benzene rings is 1. The molecule has 0 aliphatic carbocycles. The molecule has 0 atom stereocenters. The standard InChI is InChI=1S/C17H26N2O2/c1-5-16(6-2)19(9-10-20-3)13-15-11-14(12-18)7-8-17(15)21-4/h7-8,11,16H,5-6,9-10,13H2,1-4H3. The van der Waals surface area contributed by atoms with Gasteiger partial charge in [0.1, 0.15) is 5.75 Å². The van der Waals surface area contributed by atoms with Crippen LogP contribution in [0.4, 0.5) is 0 Å². The number of rotatable bonds is 9. The van der Waals surface area contributed by atoms with Crippen molar-refractivity contribution in [2.24, 2.45) is 0 Å². The first-order chi connectivity index (χ1) is 10.2. The van der Waals surface area contributed by atoms with Crippen LogP contribution in [-0.2, 0) is 11.3 Å². The summed E-state index contributed by atoms with van der Waals surface area (Å²) < 4.78 is 10.7. The molecule has 21 heavy (non-hydrogen) atoms. The zero-order valence-electron chi connectivity index (χ0n) is 13.6. The van der Waals surface area contributed by atoms with E-state index in [0.717, 1.165) is 37.2 Å². The first-order valence-electron chi connectivity index (χ1n) is 7.50. The molecule has 1 aromatic rings. The third-order valence-electron chi connectivity index (χ3n) is 3.82. The molecule has 0 bridgehead atoms. The fourth-order valence-electron chi connectivity index (χ4n) is 2.59. The summed E-state index contributed by atoms with van der Waals surface area (Å²) in [6.07, 6.45) is 2.20. The van der Waals surface area contributed by atoms with Crippen LogP contribution in [-0.4, -0.2) is 38.3 Å². The molecular weight excluding hydrogens is 264 g/mol. The van der Waals surface area contributed by atoms with Gasteiger partial charge in [0.25, 0.3) is 0 Å². The zero-order valence-corrected chi connectivity index (χ0v) is 13.6. The van der Waals surface area contributed by atoms with E-state index in [1.54, 1.807) is 20.3 Å². The Balaban J connectivity index is 2.98. The van der Waals surface area contributed by atoms with Crippen LogP contribution in [0.25, 0.3) is 0 Å². The molecule has 0 fully saturated rings. The van der Waals surface area contributed by atoms with Gasteiger partial charge in [-0.05, 0) is 31.0 Å². The molecular formula is C17H26N2O2. The second kappa shape index (κ2) is 9.38. The maximum absolute atomic E-state index is 9.08. The second-order valence-electron chi connectivity index (χ2n) is 5.07. The lowest BCUT2D eigenvalue weighted by atomic mass is 10.1. The average Bonchev–Trinajstić information content (AvgIpc) is 2.53. The highest BCUT2D eigenvalue weighted by atomic mass is 16.5. The van der Waals surface area contributed by atoms with Crippen molar-refractivity contribution in [3.63, 3.8) is 0 Å². The van der Waals surface area contributed by atoms with Crippen molar-refractivity contribution in [2.75, 3.05) is 27.4 Å². The Bertz CT molecular complexity index is 464. The van der Waals surface area contributed by atoms with Crippen molar-refractivity contribution < 1.29 is 9.47 Å². The molecule has 1 rings (SSSR count). The van der Waals surface area contributed by atoms with E-state index in [1.807, 2.05) is 12.1 Å². The van der Waals surface area contributed by atoms with E-state index >= 15 is 0 Å². The predicted octanol–water partition coefficient (Wildman–Crippen LogP) is 3.20. The molecule has 0 radical (unpaired) electrons. The van der Waals surface area contributed by atoms with Crippen molar-refractivity contribution in [2.45, 2.75) is 39.3 Å². The SMILES string of the molecule is CCC(CC)N(CCOC)Cc1cc(C#N)ccc1OC. The molecule has 1 aromatic carbocycles. The smallest absolute Gasteiger partial charge is 0.123 e. The van der Waals surface area contributed by atoms with E-state index < -0.39 is 0 Å². The van der Waals surface area contributed by atoms with Crippen molar-refractivity contribution >= 4 is 0 Å². The Morgan fingerprint density at radius 3 is 2.48 bits per heavy atom. The highest BCUT2D eigenvalue weighted by Gasteiger charge is 2.17. The van der Waals surface area contributed by atoms with Gasteiger partial charge >= 0.3 is 0 Å². The van der Waals surface area contributed by atoms with Gasteiger partial charge in [0, 0.05) is 31.8 Å². The number of hydrogen-bond acceptors (Lipinski definition) is 4. The maximum atomic E-state index is 9.08. The van der Waals surface area contributed by atoms with Gasteiger partial charge in [-0.1, -0.05) is 13.8 Å². The van der Waals surface area contributed by atoms with Gasteiger partial charge in [-0.2, -0.15) is 5.26 Å². The zero-order chi connectivity index (χ0) is 15.7. The third-order valence-corrected chi connectivity index (χ3v) is 3.82. The minimum absolute atomic E-state index is 0.510. The molecule has 0 unspecified atom stereocenters. The minimum atomic E-state index is 0.510. The Kier molecular flexibility index (Phi) is 7.81. The van der Waals surface area contributed by atoms with Gasteiger partial charge in [-0.15, -0.1) is 0 Å². The summed E-state index contributed by atoms with van der Waals surface area (Å²) in [6.45, 7) is 6.77. The normalized spacial score (nSPS) is 10.9. The number of methoxy groups -OCH3 is 2. The second-order valence-corrected chi connectivity index (χ2v) is 5.07. The maximum Gasteiger partial charge on any atom is 0.123 e. The van der Waals surface area contributed by atoms with E-state index in [0.29, 0.717) is 18.2 Å². The van der Waals surface area contributed by atoms with Gasteiger partial charge in [0.15, 0.2) is 0 Å². The summed E-state index contributed by atoms with van der Waals surface area (Å²) >= 11 is 0. The van der Waals surface area contributed by atoms with Crippen LogP contribution in [0.15, 0.2) is 18.2 Å². The first kappa shape index (κ1) is 17.5. The van der Waals surface area contributed by atoms with E-state index in [-0.39, 0.29) is 0 Å². The lowest BCUT2D eigenvalue weighted by molar-refractivity contribution is 0.109. The molecule has 0 aromatic heterocycles. The Hall–Kier alpha value is -1.57. The summed E-state index contributed by atoms with van der Waals surface area (Å²) in [5.41, 5.74) is 1.72. The lowest BCUT2D eigenvalue weighted by Crippen LogP contribution is -2.36. The molecule has 0 spiro atoms. The molecule has 4 nitrogen and oxygen atoms in total. The van der Waals surface area contributed by atoms with Crippen LogP contribution >= 0.6 is 0 Å². The number of nitriles is 1. The average molecular weight is 290 g/mol. The van der Waals surface area contributed by atoms with E-state index in [4.69, 9.17) is 14.7 Å². The first-order valence-corrected chi connectivity index (χ1v) is 7.50. The summed E-state index contributed by atoms with van der Waals surface area (Å²) in [6, 6.07) is 8.28. The quantitative estimate of drug-likeness (QED) is 0.700. The highest BCUT2D eigenvalue weighted by Crippen LogP contribution is 2.23. The largest absolute Gasteiger partial charge is 0.496 e.